The second kappa shape index (κ2) is 8.43. The molecule has 1 atom stereocenters. The van der Waals surface area contributed by atoms with E-state index in [2.05, 4.69) is 15.3 Å². The van der Waals surface area contributed by atoms with Crippen LogP contribution in [0.3, 0.4) is 0 Å². The van der Waals surface area contributed by atoms with Gasteiger partial charge < -0.3 is 11.1 Å². The first-order valence-electron chi connectivity index (χ1n) is 10.0. The minimum Gasteiger partial charge on any atom is -0.369 e. The van der Waals surface area contributed by atoms with Crippen LogP contribution in [-0.4, -0.2) is 34.7 Å². The van der Waals surface area contributed by atoms with Crippen molar-refractivity contribution >= 4 is 29.4 Å². The van der Waals surface area contributed by atoms with Crippen LogP contribution in [0.4, 0.5) is 0 Å². The molecule has 162 valence electrons. The van der Waals surface area contributed by atoms with Crippen LogP contribution in [0, 0.1) is 0 Å². The highest BCUT2D eigenvalue weighted by atomic mass is 35.5. The van der Waals surface area contributed by atoms with Crippen LogP contribution in [0.2, 0.25) is 5.02 Å². The maximum Gasteiger partial charge on any atom is 0.261 e. The standard InChI is InChI=1S/C24H22ClN5O2/c1-24(22(32)30(2)23(26)29-24)18-7-3-5-15(11-18)20-12-19(25)9-8-16(20)14-28-21(31)17-6-4-10-27-13-17/h3-13H,14H2,1-2H3,(H2,26,29)(H,28,31). The van der Waals surface area contributed by atoms with Gasteiger partial charge in [0.25, 0.3) is 11.8 Å². The molecule has 0 saturated carbocycles. The number of hydrogen-bond donors (Lipinski definition) is 2. The summed E-state index contributed by atoms with van der Waals surface area (Å²) in [6.45, 7) is 2.05. The lowest BCUT2D eigenvalue weighted by molar-refractivity contribution is -0.130. The van der Waals surface area contributed by atoms with Crippen molar-refractivity contribution in [3.05, 3.63) is 88.7 Å². The number of benzene rings is 2. The smallest absolute Gasteiger partial charge is 0.261 e. The van der Waals surface area contributed by atoms with Gasteiger partial charge in [-0.15, -0.1) is 0 Å². The third-order valence-corrected chi connectivity index (χ3v) is 5.81. The van der Waals surface area contributed by atoms with E-state index in [4.69, 9.17) is 17.3 Å². The van der Waals surface area contributed by atoms with Gasteiger partial charge in [0, 0.05) is 31.0 Å². The fourth-order valence-corrected chi connectivity index (χ4v) is 3.88. The number of hydrogen-bond acceptors (Lipinski definition) is 5. The van der Waals surface area contributed by atoms with Gasteiger partial charge in [0.05, 0.1) is 5.56 Å². The molecule has 2 amide bonds. The highest BCUT2D eigenvalue weighted by Crippen LogP contribution is 2.35. The summed E-state index contributed by atoms with van der Waals surface area (Å²) in [6, 6.07) is 16.5. The van der Waals surface area contributed by atoms with Gasteiger partial charge in [-0.05, 0) is 59.5 Å². The van der Waals surface area contributed by atoms with Crippen LogP contribution in [0.1, 0.15) is 28.4 Å². The van der Waals surface area contributed by atoms with Crippen LogP contribution in [-0.2, 0) is 16.9 Å². The molecule has 0 saturated heterocycles. The van der Waals surface area contributed by atoms with Crippen LogP contribution >= 0.6 is 11.6 Å². The highest BCUT2D eigenvalue weighted by Gasteiger charge is 2.43. The second-order valence-corrected chi connectivity index (χ2v) is 8.15. The second-order valence-electron chi connectivity index (χ2n) is 7.71. The number of aromatic nitrogens is 1. The van der Waals surface area contributed by atoms with E-state index in [1.54, 1.807) is 38.4 Å². The fraction of sp³-hybridized carbons (Fsp3) is 0.167. The van der Waals surface area contributed by atoms with Crippen molar-refractivity contribution in [2.45, 2.75) is 19.0 Å². The number of nitrogens with zero attached hydrogens (tertiary/aromatic N) is 3. The highest BCUT2D eigenvalue weighted by molar-refractivity contribution is 6.30. The Morgan fingerprint density at radius 1 is 1.19 bits per heavy atom. The van der Waals surface area contributed by atoms with Crippen LogP contribution in [0.5, 0.6) is 0 Å². The summed E-state index contributed by atoms with van der Waals surface area (Å²) in [5, 5.41) is 3.49. The van der Waals surface area contributed by atoms with Gasteiger partial charge >= 0.3 is 0 Å². The molecule has 32 heavy (non-hydrogen) atoms. The summed E-state index contributed by atoms with van der Waals surface area (Å²) in [5.74, 6) is -0.226. The molecule has 8 heteroatoms. The molecule has 2 aromatic carbocycles. The molecule has 1 aliphatic rings. The normalized spacial score (nSPS) is 17.9. The number of nitrogens with two attached hydrogens (primary N) is 1. The zero-order valence-corrected chi connectivity index (χ0v) is 18.4. The summed E-state index contributed by atoms with van der Waals surface area (Å²) in [5.41, 5.74) is 8.58. The van der Waals surface area contributed by atoms with Crippen molar-refractivity contribution in [3.63, 3.8) is 0 Å². The molecule has 3 aromatic rings. The molecule has 0 spiro atoms. The van der Waals surface area contributed by atoms with Crippen LogP contribution < -0.4 is 11.1 Å². The quantitative estimate of drug-likeness (QED) is 0.626. The number of carbonyl (C=O) groups is 2. The van der Waals surface area contributed by atoms with Gasteiger partial charge in [0.15, 0.2) is 11.5 Å². The first kappa shape index (κ1) is 21.5. The number of guanidine groups is 1. The number of halogens is 1. The Bertz CT molecular complexity index is 1230. The molecule has 0 bridgehead atoms. The Hall–Kier alpha value is -3.71. The molecule has 0 aliphatic carbocycles. The zero-order chi connectivity index (χ0) is 22.9. The molecule has 0 fully saturated rings. The van der Waals surface area contributed by atoms with Gasteiger partial charge in [0.2, 0.25) is 0 Å². The van der Waals surface area contributed by atoms with E-state index in [0.717, 1.165) is 22.3 Å². The van der Waals surface area contributed by atoms with Gasteiger partial charge in [-0.25, -0.2) is 4.99 Å². The van der Waals surface area contributed by atoms with Crippen molar-refractivity contribution in [2.75, 3.05) is 7.05 Å². The van der Waals surface area contributed by atoms with E-state index in [9.17, 15) is 9.59 Å². The van der Waals surface area contributed by atoms with E-state index in [-0.39, 0.29) is 17.8 Å². The molecule has 0 radical (unpaired) electrons. The molecular weight excluding hydrogens is 426 g/mol. The fourth-order valence-electron chi connectivity index (χ4n) is 3.71. The number of pyridine rings is 1. The average molecular weight is 448 g/mol. The topological polar surface area (TPSA) is 101 Å². The zero-order valence-electron chi connectivity index (χ0n) is 17.7. The number of likely N-dealkylation sites (N-methyl/N-ethyl adjacent to an activating group) is 1. The Morgan fingerprint density at radius 3 is 2.69 bits per heavy atom. The number of aliphatic imine (C=N–C) groups is 1. The minimum atomic E-state index is -1.10. The molecule has 1 unspecified atom stereocenters. The number of nitrogens with one attached hydrogen (secondary N) is 1. The lowest BCUT2D eigenvalue weighted by atomic mass is 9.89. The molecule has 7 nitrogen and oxygen atoms in total. The van der Waals surface area contributed by atoms with E-state index in [1.807, 2.05) is 36.4 Å². The summed E-state index contributed by atoms with van der Waals surface area (Å²) < 4.78 is 0. The summed E-state index contributed by atoms with van der Waals surface area (Å²) in [6.07, 6.45) is 3.14. The summed E-state index contributed by atoms with van der Waals surface area (Å²) >= 11 is 6.29. The third kappa shape index (κ3) is 3.94. The SMILES string of the molecule is CN1C(=O)C(C)(c2cccc(-c3cc(Cl)ccc3CNC(=O)c3cccnc3)c2)N=C1N. The Morgan fingerprint density at radius 2 is 2.00 bits per heavy atom. The summed E-state index contributed by atoms with van der Waals surface area (Å²) in [4.78, 5) is 35.0. The van der Waals surface area contributed by atoms with E-state index < -0.39 is 5.54 Å². The van der Waals surface area contributed by atoms with E-state index >= 15 is 0 Å². The van der Waals surface area contributed by atoms with Crippen LogP contribution in [0.25, 0.3) is 11.1 Å². The largest absolute Gasteiger partial charge is 0.369 e. The van der Waals surface area contributed by atoms with E-state index in [1.165, 1.54) is 11.1 Å². The van der Waals surface area contributed by atoms with Gasteiger partial charge in [0.1, 0.15) is 0 Å². The van der Waals surface area contributed by atoms with Crippen LogP contribution in [0.15, 0.2) is 72.0 Å². The predicted molar refractivity (Wildman–Crippen MR) is 124 cm³/mol. The van der Waals surface area contributed by atoms with Gasteiger partial charge in [-0.2, -0.15) is 0 Å². The molecular formula is C24H22ClN5O2. The summed E-state index contributed by atoms with van der Waals surface area (Å²) in [7, 11) is 1.61. The molecule has 2 heterocycles. The minimum absolute atomic E-state index is 0.185. The van der Waals surface area contributed by atoms with Crippen molar-refractivity contribution < 1.29 is 9.59 Å². The maximum atomic E-state index is 12.8. The lowest BCUT2D eigenvalue weighted by Crippen LogP contribution is -2.38. The molecule has 3 N–H and O–H groups in total. The first-order valence-corrected chi connectivity index (χ1v) is 10.4. The Kier molecular flexibility index (Phi) is 5.67. The first-order chi connectivity index (χ1) is 15.3. The molecule has 1 aliphatic heterocycles. The Balaban J connectivity index is 1.66. The molecule has 4 rings (SSSR count). The monoisotopic (exact) mass is 447 g/mol. The predicted octanol–water partition coefficient (Wildman–Crippen LogP) is 3.33. The van der Waals surface area contributed by atoms with Crippen molar-refractivity contribution in [1.82, 2.24) is 15.2 Å². The maximum absolute atomic E-state index is 12.8. The van der Waals surface area contributed by atoms with Gasteiger partial charge in [-0.3, -0.25) is 19.5 Å². The molecule has 1 aromatic heterocycles. The Labute approximate surface area is 190 Å². The number of amides is 2. The van der Waals surface area contributed by atoms with E-state index in [0.29, 0.717) is 17.1 Å². The third-order valence-electron chi connectivity index (χ3n) is 5.57. The van der Waals surface area contributed by atoms with Crippen molar-refractivity contribution in [3.8, 4) is 11.1 Å². The van der Waals surface area contributed by atoms with Gasteiger partial charge in [-0.1, -0.05) is 35.9 Å². The number of carbonyl (C=O) groups excluding carboxylic acids is 2. The van der Waals surface area contributed by atoms with Crippen molar-refractivity contribution in [2.24, 2.45) is 10.7 Å². The number of rotatable bonds is 5. The lowest BCUT2D eigenvalue weighted by Gasteiger charge is -2.21. The average Bonchev–Trinajstić information content (AvgIpc) is 3.02. The van der Waals surface area contributed by atoms with Crippen molar-refractivity contribution in [1.29, 1.82) is 0 Å².